The molecule has 2 saturated heterocycles. The Bertz CT molecular complexity index is 670. The lowest BCUT2D eigenvalue weighted by Gasteiger charge is -2.32. The molecule has 0 N–H and O–H groups in total. The minimum Gasteiger partial charge on any atom is -0.399 e. The second-order valence-electron chi connectivity index (χ2n) is 9.74. The van der Waals surface area contributed by atoms with E-state index in [2.05, 4.69) is 81.4 Å². The molecule has 2 aliphatic rings. The molecule has 0 saturated carbocycles. The Hall–Kier alpha value is -0.810. The molecule has 2 fully saturated rings. The van der Waals surface area contributed by atoms with Crippen LogP contribution in [0.15, 0.2) is 12.1 Å². The van der Waals surface area contributed by atoms with Crippen LogP contribution < -0.4 is 10.9 Å². The molecular weight excluding hydrogens is 326 g/mol. The van der Waals surface area contributed by atoms with Gasteiger partial charge < -0.3 is 18.6 Å². The Morgan fingerprint density at radius 1 is 0.577 bits per heavy atom. The van der Waals surface area contributed by atoms with Gasteiger partial charge in [-0.25, -0.2) is 0 Å². The molecular formula is C20H32B2O4. The van der Waals surface area contributed by atoms with Crippen LogP contribution in [0.5, 0.6) is 0 Å². The molecule has 6 heteroatoms. The average molecular weight is 358 g/mol. The highest BCUT2D eigenvalue weighted by Gasteiger charge is 2.54. The highest BCUT2D eigenvalue weighted by molar-refractivity contribution is 6.65. The zero-order valence-corrected chi connectivity index (χ0v) is 17.9. The predicted octanol–water partition coefficient (Wildman–Crippen LogP) is 2.90. The summed E-state index contributed by atoms with van der Waals surface area (Å²) in [6.07, 6.45) is 0. The van der Waals surface area contributed by atoms with Crippen molar-refractivity contribution in [1.29, 1.82) is 0 Å². The van der Waals surface area contributed by atoms with Gasteiger partial charge in [-0.3, -0.25) is 0 Å². The van der Waals surface area contributed by atoms with E-state index in [1.165, 1.54) is 0 Å². The second kappa shape index (κ2) is 5.84. The first kappa shape index (κ1) is 19.9. The van der Waals surface area contributed by atoms with Crippen molar-refractivity contribution < 1.29 is 18.6 Å². The van der Waals surface area contributed by atoms with Crippen molar-refractivity contribution in [3.05, 3.63) is 23.3 Å². The largest absolute Gasteiger partial charge is 0.495 e. The summed E-state index contributed by atoms with van der Waals surface area (Å²) in [5, 5.41) is 0. The molecule has 3 rings (SSSR count). The molecule has 2 aliphatic heterocycles. The number of benzene rings is 1. The van der Waals surface area contributed by atoms with Crippen molar-refractivity contribution in [1.82, 2.24) is 0 Å². The summed E-state index contributed by atoms with van der Waals surface area (Å²) < 4.78 is 24.9. The molecule has 1 aromatic rings. The standard InChI is InChI=1S/C20H32B2O4/c1-13-11-15(21-23-17(3,4)18(5,6)24-21)12-14(2)16(13)22-25-19(7,8)20(9,10)26-22/h11-12H,1-10H3. The first-order chi connectivity index (χ1) is 11.7. The topological polar surface area (TPSA) is 36.9 Å². The molecule has 0 aliphatic carbocycles. The lowest BCUT2D eigenvalue weighted by atomic mass is 9.69. The fourth-order valence-electron chi connectivity index (χ4n) is 3.46. The molecule has 0 atom stereocenters. The van der Waals surface area contributed by atoms with E-state index in [-0.39, 0.29) is 36.6 Å². The van der Waals surface area contributed by atoms with E-state index in [0.29, 0.717) is 0 Å². The number of hydrogen-bond acceptors (Lipinski definition) is 4. The maximum Gasteiger partial charge on any atom is 0.495 e. The van der Waals surface area contributed by atoms with Crippen LogP contribution in [0.2, 0.25) is 0 Å². The third-order valence-corrected chi connectivity index (χ3v) is 6.63. The van der Waals surface area contributed by atoms with Crippen molar-refractivity contribution in [2.45, 2.75) is 91.6 Å². The van der Waals surface area contributed by atoms with Gasteiger partial charge in [0.2, 0.25) is 0 Å². The van der Waals surface area contributed by atoms with Crippen LogP contribution in [0.25, 0.3) is 0 Å². The van der Waals surface area contributed by atoms with Crippen LogP contribution in [0.3, 0.4) is 0 Å². The van der Waals surface area contributed by atoms with Crippen LogP contribution in [-0.4, -0.2) is 36.6 Å². The fourth-order valence-corrected chi connectivity index (χ4v) is 3.46. The SMILES string of the molecule is Cc1cc(B2OC(C)(C)C(C)(C)O2)cc(C)c1B1OC(C)(C)C(C)(C)O1. The Labute approximate surface area is 159 Å². The normalized spacial score (nSPS) is 25.8. The molecule has 4 nitrogen and oxygen atoms in total. The van der Waals surface area contributed by atoms with Gasteiger partial charge in [-0.15, -0.1) is 0 Å². The maximum atomic E-state index is 6.26. The van der Waals surface area contributed by atoms with Gasteiger partial charge in [0.05, 0.1) is 22.4 Å². The van der Waals surface area contributed by atoms with E-state index in [1.54, 1.807) is 0 Å². The van der Waals surface area contributed by atoms with Crippen LogP contribution in [0.4, 0.5) is 0 Å². The Morgan fingerprint density at radius 2 is 0.885 bits per heavy atom. The minimum atomic E-state index is -0.357. The molecule has 2 heterocycles. The summed E-state index contributed by atoms with van der Waals surface area (Å²) in [6.45, 7) is 20.8. The molecule has 0 spiro atoms. The van der Waals surface area contributed by atoms with Crippen molar-refractivity contribution in [2.24, 2.45) is 0 Å². The summed E-state index contributed by atoms with van der Waals surface area (Å²) in [7, 11) is -0.711. The van der Waals surface area contributed by atoms with E-state index in [4.69, 9.17) is 18.6 Å². The molecule has 26 heavy (non-hydrogen) atoms. The summed E-state index contributed by atoms with van der Waals surface area (Å²) >= 11 is 0. The molecule has 142 valence electrons. The Kier molecular flexibility index (Phi) is 4.48. The molecule has 0 amide bonds. The summed E-state index contributed by atoms with van der Waals surface area (Å²) in [6, 6.07) is 4.27. The summed E-state index contributed by atoms with van der Waals surface area (Å²) in [5.41, 5.74) is 3.03. The maximum absolute atomic E-state index is 6.26. The van der Waals surface area contributed by atoms with Gasteiger partial charge in [0.25, 0.3) is 0 Å². The summed E-state index contributed by atoms with van der Waals surface area (Å²) in [5.74, 6) is 0. The minimum absolute atomic E-state index is 0.343. The molecule has 0 aromatic heterocycles. The molecule has 0 radical (unpaired) electrons. The van der Waals surface area contributed by atoms with Crippen LogP contribution in [0, 0.1) is 13.8 Å². The highest BCUT2D eigenvalue weighted by Crippen LogP contribution is 2.38. The van der Waals surface area contributed by atoms with Gasteiger partial charge >= 0.3 is 14.2 Å². The number of hydrogen-bond donors (Lipinski definition) is 0. The van der Waals surface area contributed by atoms with Gasteiger partial charge in [0.1, 0.15) is 0 Å². The van der Waals surface area contributed by atoms with Gasteiger partial charge in [0, 0.05) is 0 Å². The van der Waals surface area contributed by atoms with E-state index >= 15 is 0 Å². The molecule has 0 bridgehead atoms. The zero-order chi connectivity index (χ0) is 19.7. The monoisotopic (exact) mass is 358 g/mol. The van der Waals surface area contributed by atoms with Gasteiger partial charge in [-0.1, -0.05) is 23.3 Å². The third kappa shape index (κ3) is 3.05. The van der Waals surface area contributed by atoms with Crippen molar-refractivity contribution in [3.8, 4) is 0 Å². The van der Waals surface area contributed by atoms with Gasteiger partial charge in [-0.05, 0) is 80.2 Å². The van der Waals surface area contributed by atoms with Gasteiger partial charge in [-0.2, -0.15) is 0 Å². The first-order valence-electron chi connectivity index (χ1n) is 9.49. The Morgan fingerprint density at radius 3 is 1.23 bits per heavy atom. The fraction of sp³-hybridized carbons (Fsp3) is 0.700. The van der Waals surface area contributed by atoms with Crippen molar-refractivity contribution >= 4 is 25.2 Å². The lowest BCUT2D eigenvalue weighted by Crippen LogP contribution is -2.42. The highest BCUT2D eigenvalue weighted by atomic mass is 16.7. The zero-order valence-electron chi connectivity index (χ0n) is 17.9. The number of rotatable bonds is 2. The first-order valence-corrected chi connectivity index (χ1v) is 9.49. The second-order valence-corrected chi connectivity index (χ2v) is 9.74. The van der Waals surface area contributed by atoms with Crippen LogP contribution in [0.1, 0.15) is 66.5 Å². The molecule has 0 unspecified atom stereocenters. The summed E-state index contributed by atoms with van der Waals surface area (Å²) in [4.78, 5) is 0. The van der Waals surface area contributed by atoms with E-state index < -0.39 is 0 Å². The van der Waals surface area contributed by atoms with E-state index in [0.717, 1.165) is 22.1 Å². The van der Waals surface area contributed by atoms with Crippen LogP contribution in [-0.2, 0) is 18.6 Å². The smallest absolute Gasteiger partial charge is 0.399 e. The lowest BCUT2D eigenvalue weighted by molar-refractivity contribution is 0.00578. The van der Waals surface area contributed by atoms with E-state index in [1.807, 2.05) is 0 Å². The van der Waals surface area contributed by atoms with Crippen molar-refractivity contribution in [3.63, 3.8) is 0 Å². The average Bonchev–Trinajstić information content (AvgIpc) is 2.77. The predicted molar refractivity (Wildman–Crippen MR) is 107 cm³/mol. The quantitative estimate of drug-likeness (QED) is 0.762. The Balaban J connectivity index is 1.92. The van der Waals surface area contributed by atoms with Gasteiger partial charge in [0.15, 0.2) is 0 Å². The van der Waals surface area contributed by atoms with Crippen LogP contribution >= 0.6 is 0 Å². The molecule has 1 aromatic carbocycles. The van der Waals surface area contributed by atoms with E-state index in [9.17, 15) is 0 Å². The van der Waals surface area contributed by atoms with Crippen molar-refractivity contribution in [2.75, 3.05) is 0 Å². The third-order valence-electron chi connectivity index (χ3n) is 6.63. The number of aryl methyl sites for hydroxylation is 2.